The zero-order valence-corrected chi connectivity index (χ0v) is 10.7. The minimum atomic E-state index is -4.34. The molecule has 0 heterocycles. The van der Waals surface area contributed by atoms with Crippen LogP contribution in [0, 0.1) is 0 Å². The summed E-state index contributed by atoms with van der Waals surface area (Å²) in [6, 6.07) is 4.58. The van der Waals surface area contributed by atoms with Crippen LogP contribution >= 0.6 is 0 Å². The Bertz CT molecular complexity index is 398. The van der Waals surface area contributed by atoms with E-state index in [0.717, 1.165) is 25.1 Å². The summed E-state index contributed by atoms with van der Waals surface area (Å²) in [6.07, 6.45) is -0.344. The second kappa shape index (κ2) is 7.31. The Morgan fingerprint density at radius 2 is 1.89 bits per heavy atom. The summed E-state index contributed by atoms with van der Waals surface area (Å²) in [7, 11) is 0. The summed E-state index contributed by atoms with van der Waals surface area (Å²) in [5.74, 6) is 0. The topological polar surface area (TPSA) is 32.3 Å². The Hall–Kier alpha value is -1.33. The number of hydrogen-bond donors (Lipinski definition) is 2. The van der Waals surface area contributed by atoms with Crippen molar-refractivity contribution >= 4 is 0 Å². The zero-order valence-electron chi connectivity index (χ0n) is 10.7. The van der Waals surface area contributed by atoms with Crippen LogP contribution in [0.1, 0.15) is 30.6 Å². The molecule has 0 amide bonds. The minimum Gasteiger partial charge on any atom is -0.387 e. The first-order chi connectivity index (χ1) is 8.95. The van der Waals surface area contributed by atoms with Crippen LogP contribution in [0.5, 0.6) is 0 Å². The second-order valence-corrected chi connectivity index (χ2v) is 4.20. The molecule has 0 bridgehead atoms. The number of halogens is 3. The van der Waals surface area contributed by atoms with E-state index in [0.29, 0.717) is 12.1 Å². The average molecular weight is 273 g/mol. The Morgan fingerprint density at radius 3 is 2.42 bits per heavy atom. The van der Waals surface area contributed by atoms with Gasteiger partial charge in [-0.15, -0.1) is 0 Å². The van der Waals surface area contributed by atoms with Crippen LogP contribution in [0.2, 0.25) is 0 Å². The number of allylic oxidation sites excluding steroid dienone is 1. The fourth-order valence-electron chi connectivity index (χ4n) is 1.60. The molecule has 1 rings (SSSR count). The van der Waals surface area contributed by atoms with Gasteiger partial charge < -0.3 is 10.4 Å². The van der Waals surface area contributed by atoms with Crippen LogP contribution in [-0.2, 0) is 6.18 Å². The molecule has 106 valence electrons. The molecule has 1 unspecified atom stereocenters. The van der Waals surface area contributed by atoms with Gasteiger partial charge in [-0.1, -0.05) is 24.3 Å². The van der Waals surface area contributed by atoms with E-state index < -0.39 is 17.8 Å². The summed E-state index contributed by atoms with van der Waals surface area (Å²) in [4.78, 5) is 0. The number of aliphatic hydroxyl groups is 1. The van der Waals surface area contributed by atoms with E-state index in [1.165, 1.54) is 12.1 Å². The molecule has 0 saturated carbocycles. The van der Waals surface area contributed by atoms with Crippen LogP contribution in [0.25, 0.3) is 0 Å². The van der Waals surface area contributed by atoms with Crippen molar-refractivity contribution in [1.29, 1.82) is 0 Å². The predicted molar refractivity (Wildman–Crippen MR) is 68.7 cm³/mol. The molecule has 5 heteroatoms. The fraction of sp³-hybridized carbons (Fsp3) is 0.429. The SMILES string of the molecule is C/C=C/CCNCC(O)c1ccc(C(F)(F)F)cc1. The van der Waals surface area contributed by atoms with Crippen LogP contribution in [-0.4, -0.2) is 18.2 Å². The Balaban J connectivity index is 2.47. The third-order valence-corrected chi connectivity index (χ3v) is 2.68. The molecule has 0 saturated heterocycles. The molecule has 2 nitrogen and oxygen atoms in total. The molecule has 0 spiro atoms. The number of rotatable bonds is 6. The molecule has 0 aliphatic rings. The van der Waals surface area contributed by atoms with Gasteiger partial charge in [-0.05, 0) is 37.6 Å². The van der Waals surface area contributed by atoms with Crippen LogP contribution < -0.4 is 5.32 Å². The maximum absolute atomic E-state index is 12.4. The largest absolute Gasteiger partial charge is 0.416 e. The molecule has 0 aliphatic heterocycles. The van der Waals surface area contributed by atoms with E-state index >= 15 is 0 Å². The van der Waals surface area contributed by atoms with E-state index in [1.54, 1.807) is 0 Å². The fourth-order valence-corrected chi connectivity index (χ4v) is 1.60. The first-order valence-corrected chi connectivity index (χ1v) is 6.12. The van der Waals surface area contributed by atoms with Gasteiger partial charge in [-0.3, -0.25) is 0 Å². The highest BCUT2D eigenvalue weighted by Crippen LogP contribution is 2.29. The van der Waals surface area contributed by atoms with Crippen molar-refractivity contribution in [2.24, 2.45) is 0 Å². The normalized spacial score (nSPS) is 13.9. The molecule has 1 atom stereocenters. The lowest BCUT2D eigenvalue weighted by Gasteiger charge is -2.13. The van der Waals surface area contributed by atoms with Crippen molar-refractivity contribution in [2.75, 3.05) is 13.1 Å². The van der Waals surface area contributed by atoms with Crippen molar-refractivity contribution in [3.8, 4) is 0 Å². The first kappa shape index (κ1) is 15.7. The van der Waals surface area contributed by atoms with E-state index in [-0.39, 0.29) is 0 Å². The minimum absolute atomic E-state index is 0.322. The van der Waals surface area contributed by atoms with Gasteiger partial charge in [0.1, 0.15) is 0 Å². The summed E-state index contributed by atoms with van der Waals surface area (Å²) in [5.41, 5.74) is -0.226. The number of nitrogens with one attached hydrogen (secondary N) is 1. The monoisotopic (exact) mass is 273 g/mol. The van der Waals surface area contributed by atoms with Crippen molar-refractivity contribution in [3.63, 3.8) is 0 Å². The number of hydrogen-bond acceptors (Lipinski definition) is 2. The lowest BCUT2D eigenvalue weighted by Crippen LogP contribution is -2.22. The van der Waals surface area contributed by atoms with Gasteiger partial charge in [0.05, 0.1) is 11.7 Å². The van der Waals surface area contributed by atoms with Crippen molar-refractivity contribution in [2.45, 2.75) is 25.6 Å². The highest BCUT2D eigenvalue weighted by molar-refractivity contribution is 5.26. The summed E-state index contributed by atoms with van der Waals surface area (Å²) < 4.78 is 37.1. The standard InChI is InChI=1S/C14H18F3NO/c1-2-3-4-9-18-10-13(19)11-5-7-12(8-6-11)14(15,16)17/h2-3,5-8,13,18-19H,4,9-10H2,1H3/b3-2+. The van der Waals surface area contributed by atoms with Crippen LogP contribution in [0.15, 0.2) is 36.4 Å². The molecule has 2 N–H and O–H groups in total. The Morgan fingerprint density at radius 1 is 1.26 bits per heavy atom. The van der Waals surface area contributed by atoms with Gasteiger partial charge in [0.15, 0.2) is 0 Å². The zero-order chi connectivity index (χ0) is 14.3. The lowest BCUT2D eigenvalue weighted by atomic mass is 10.1. The van der Waals surface area contributed by atoms with Crippen molar-refractivity contribution in [3.05, 3.63) is 47.5 Å². The second-order valence-electron chi connectivity index (χ2n) is 4.20. The van der Waals surface area contributed by atoms with Crippen LogP contribution in [0.3, 0.4) is 0 Å². The molecular weight excluding hydrogens is 255 g/mol. The first-order valence-electron chi connectivity index (χ1n) is 6.12. The van der Waals surface area contributed by atoms with Crippen molar-refractivity contribution < 1.29 is 18.3 Å². The van der Waals surface area contributed by atoms with Gasteiger partial charge in [0, 0.05) is 6.54 Å². The van der Waals surface area contributed by atoms with Gasteiger partial charge in [-0.2, -0.15) is 13.2 Å². The summed E-state index contributed by atoms with van der Waals surface area (Å²) >= 11 is 0. The third kappa shape index (κ3) is 5.44. The predicted octanol–water partition coefficient (Wildman–Crippen LogP) is 3.29. The molecular formula is C14H18F3NO. The Kier molecular flexibility index (Phi) is 6.05. The maximum Gasteiger partial charge on any atom is 0.416 e. The molecule has 0 radical (unpaired) electrons. The molecule has 19 heavy (non-hydrogen) atoms. The van der Waals surface area contributed by atoms with E-state index in [4.69, 9.17) is 0 Å². The lowest BCUT2D eigenvalue weighted by molar-refractivity contribution is -0.137. The van der Waals surface area contributed by atoms with Gasteiger partial charge in [0.25, 0.3) is 0 Å². The third-order valence-electron chi connectivity index (χ3n) is 2.68. The number of aliphatic hydroxyl groups excluding tert-OH is 1. The highest BCUT2D eigenvalue weighted by Gasteiger charge is 2.30. The van der Waals surface area contributed by atoms with Gasteiger partial charge in [-0.25, -0.2) is 0 Å². The average Bonchev–Trinajstić information content (AvgIpc) is 2.37. The molecule has 0 aliphatic carbocycles. The summed E-state index contributed by atoms with van der Waals surface area (Å²) in [5, 5.41) is 12.8. The highest BCUT2D eigenvalue weighted by atomic mass is 19.4. The van der Waals surface area contributed by atoms with Gasteiger partial charge >= 0.3 is 6.18 Å². The Labute approximate surface area is 111 Å². The number of alkyl halides is 3. The van der Waals surface area contributed by atoms with E-state index in [9.17, 15) is 18.3 Å². The molecule has 1 aromatic carbocycles. The summed E-state index contributed by atoms with van der Waals surface area (Å²) in [6.45, 7) is 2.97. The molecule has 0 aromatic heterocycles. The molecule has 1 aromatic rings. The smallest absolute Gasteiger partial charge is 0.387 e. The maximum atomic E-state index is 12.4. The number of benzene rings is 1. The van der Waals surface area contributed by atoms with Crippen LogP contribution in [0.4, 0.5) is 13.2 Å². The van der Waals surface area contributed by atoms with E-state index in [2.05, 4.69) is 5.32 Å². The van der Waals surface area contributed by atoms with Crippen molar-refractivity contribution in [1.82, 2.24) is 5.32 Å². The van der Waals surface area contributed by atoms with E-state index in [1.807, 2.05) is 19.1 Å². The quantitative estimate of drug-likeness (QED) is 0.615. The van der Waals surface area contributed by atoms with Gasteiger partial charge in [0.2, 0.25) is 0 Å². The molecule has 0 fully saturated rings.